The first-order valence-corrected chi connectivity index (χ1v) is 16.1. The standard InChI is InChI=1S/C37H62F2/c1-10-14-34(27-37(8,9)39)33(23-21-31(13-4)25-32-19-16-29(6)17-20-32)22-18-30(7)35(24-28(5)12-3)26-36(38)15-11-2/h11,15,18,24,26,29,31-34H,2,10,12-14,16-17,19-23,25,27H2,1,3-9H3/b28-24+,30-18+,35-26+,36-15+/t29?,31?,32?,33-,34?/m0/s1. The summed E-state index contributed by atoms with van der Waals surface area (Å²) in [4.78, 5) is 0. The minimum absolute atomic E-state index is 0.282. The number of halogens is 2. The van der Waals surface area contributed by atoms with Crippen LogP contribution in [0.5, 0.6) is 0 Å². The van der Waals surface area contributed by atoms with E-state index in [1.54, 1.807) is 19.9 Å². The summed E-state index contributed by atoms with van der Waals surface area (Å²) in [6.45, 7) is 20.4. The van der Waals surface area contributed by atoms with Gasteiger partial charge in [0.25, 0.3) is 0 Å². The summed E-state index contributed by atoms with van der Waals surface area (Å²) >= 11 is 0. The molecule has 0 nitrogen and oxygen atoms in total. The van der Waals surface area contributed by atoms with Gasteiger partial charge in [0.1, 0.15) is 11.5 Å². The molecule has 0 spiro atoms. The van der Waals surface area contributed by atoms with E-state index in [4.69, 9.17) is 0 Å². The van der Waals surface area contributed by atoms with Gasteiger partial charge in [-0.25, -0.2) is 8.78 Å². The third-order valence-electron chi connectivity index (χ3n) is 9.11. The Morgan fingerprint density at radius 3 is 2.18 bits per heavy atom. The zero-order valence-corrected chi connectivity index (χ0v) is 26.9. The highest BCUT2D eigenvalue weighted by atomic mass is 19.1. The Morgan fingerprint density at radius 1 is 0.974 bits per heavy atom. The van der Waals surface area contributed by atoms with Crippen molar-refractivity contribution in [2.45, 2.75) is 145 Å². The van der Waals surface area contributed by atoms with Gasteiger partial charge in [0.15, 0.2) is 0 Å². The molecule has 1 saturated carbocycles. The summed E-state index contributed by atoms with van der Waals surface area (Å²) in [6, 6.07) is 0. The van der Waals surface area contributed by atoms with Crippen LogP contribution in [0.4, 0.5) is 8.78 Å². The van der Waals surface area contributed by atoms with E-state index in [0.29, 0.717) is 18.3 Å². The van der Waals surface area contributed by atoms with Crippen LogP contribution in [0.25, 0.3) is 0 Å². The maximum Gasteiger partial charge on any atom is 0.123 e. The molecule has 0 aliphatic heterocycles. The van der Waals surface area contributed by atoms with Gasteiger partial charge >= 0.3 is 0 Å². The second kappa shape index (κ2) is 18.8. The van der Waals surface area contributed by atoms with Crippen molar-refractivity contribution in [1.82, 2.24) is 0 Å². The highest BCUT2D eigenvalue weighted by Gasteiger charge is 2.29. The fourth-order valence-electron chi connectivity index (χ4n) is 6.41. The lowest BCUT2D eigenvalue weighted by atomic mass is 9.74. The van der Waals surface area contributed by atoms with Crippen LogP contribution in [0.3, 0.4) is 0 Å². The molecule has 3 atom stereocenters. The minimum atomic E-state index is -1.16. The van der Waals surface area contributed by atoms with E-state index in [1.165, 1.54) is 62.7 Å². The van der Waals surface area contributed by atoms with Crippen LogP contribution in [-0.4, -0.2) is 5.67 Å². The van der Waals surface area contributed by atoms with Gasteiger partial charge in [-0.1, -0.05) is 109 Å². The Hall–Kier alpha value is -1.44. The topological polar surface area (TPSA) is 0 Å². The van der Waals surface area contributed by atoms with Crippen molar-refractivity contribution in [3.05, 3.63) is 59.5 Å². The van der Waals surface area contributed by atoms with Gasteiger partial charge in [-0.05, 0) is 113 Å². The highest BCUT2D eigenvalue weighted by molar-refractivity contribution is 5.43. The monoisotopic (exact) mass is 544 g/mol. The Balaban J connectivity index is 3.17. The molecule has 0 aromatic carbocycles. The Morgan fingerprint density at radius 2 is 1.64 bits per heavy atom. The molecule has 1 fully saturated rings. The molecule has 224 valence electrons. The van der Waals surface area contributed by atoms with E-state index in [2.05, 4.69) is 60.3 Å². The maximum atomic E-state index is 15.0. The van der Waals surface area contributed by atoms with Gasteiger partial charge in [0, 0.05) is 0 Å². The van der Waals surface area contributed by atoms with Crippen LogP contribution in [-0.2, 0) is 0 Å². The Labute approximate surface area is 242 Å². The molecule has 1 aliphatic carbocycles. The maximum absolute atomic E-state index is 15.0. The average Bonchev–Trinajstić information content (AvgIpc) is 2.87. The van der Waals surface area contributed by atoms with Crippen molar-refractivity contribution >= 4 is 0 Å². The quantitative estimate of drug-likeness (QED) is 0.151. The van der Waals surface area contributed by atoms with E-state index >= 15 is 0 Å². The molecule has 0 aromatic heterocycles. The first-order chi connectivity index (χ1) is 18.4. The van der Waals surface area contributed by atoms with Crippen molar-refractivity contribution < 1.29 is 8.78 Å². The second-order valence-corrected chi connectivity index (χ2v) is 13.3. The lowest BCUT2D eigenvalue weighted by Gasteiger charge is -2.33. The molecular formula is C37H62F2. The zero-order valence-electron chi connectivity index (χ0n) is 26.9. The molecule has 0 heterocycles. The lowest BCUT2D eigenvalue weighted by Crippen LogP contribution is -2.25. The van der Waals surface area contributed by atoms with Crippen molar-refractivity contribution in [3.8, 4) is 0 Å². The Bertz CT molecular complexity index is 811. The van der Waals surface area contributed by atoms with E-state index in [9.17, 15) is 8.78 Å². The number of allylic oxidation sites excluding steroid dienone is 9. The molecule has 0 saturated heterocycles. The van der Waals surface area contributed by atoms with Crippen LogP contribution in [0.2, 0.25) is 0 Å². The van der Waals surface area contributed by atoms with E-state index < -0.39 is 5.67 Å². The molecule has 1 rings (SSSR count). The van der Waals surface area contributed by atoms with Gasteiger partial charge in [-0.3, -0.25) is 0 Å². The fraction of sp³-hybridized carbons (Fsp3) is 0.730. The highest BCUT2D eigenvalue weighted by Crippen LogP contribution is 2.38. The molecule has 2 heteroatoms. The molecule has 0 amide bonds. The Kier molecular flexibility index (Phi) is 17.2. The number of alkyl halides is 1. The third-order valence-corrected chi connectivity index (χ3v) is 9.11. The fourth-order valence-corrected chi connectivity index (χ4v) is 6.41. The molecule has 39 heavy (non-hydrogen) atoms. The largest absolute Gasteiger partial charge is 0.244 e. The number of hydrogen-bond donors (Lipinski definition) is 0. The summed E-state index contributed by atoms with van der Waals surface area (Å²) in [6.07, 6.45) is 24.1. The van der Waals surface area contributed by atoms with Gasteiger partial charge in [0.05, 0.1) is 0 Å². The lowest BCUT2D eigenvalue weighted by molar-refractivity contribution is 0.127. The van der Waals surface area contributed by atoms with Crippen molar-refractivity contribution in [2.75, 3.05) is 0 Å². The van der Waals surface area contributed by atoms with Crippen LogP contribution >= 0.6 is 0 Å². The zero-order chi connectivity index (χ0) is 29.4. The molecule has 2 unspecified atom stereocenters. The summed E-state index contributed by atoms with van der Waals surface area (Å²) in [5.74, 6) is 3.08. The van der Waals surface area contributed by atoms with E-state index in [-0.39, 0.29) is 5.83 Å². The van der Waals surface area contributed by atoms with Crippen LogP contribution in [0.1, 0.15) is 139 Å². The molecule has 0 N–H and O–H groups in total. The summed E-state index contributed by atoms with van der Waals surface area (Å²) < 4.78 is 29.4. The minimum Gasteiger partial charge on any atom is -0.244 e. The predicted molar refractivity (Wildman–Crippen MR) is 170 cm³/mol. The van der Waals surface area contributed by atoms with Crippen molar-refractivity contribution in [3.63, 3.8) is 0 Å². The summed E-state index contributed by atoms with van der Waals surface area (Å²) in [5, 5.41) is 0. The van der Waals surface area contributed by atoms with E-state index in [1.807, 2.05) is 0 Å². The van der Waals surface area contributed by atoms with Crippen molar-refractivity contribution in [2.24, 2.45) is 29.6 Å². The summed E-state index contributed by atoms with van der Waals surface area (Å²) in [7, 11) is 0. The first-order valence-electron chi connectivity index (χ1n) is 16.1. The predicted octanol–water partition coefficient (Wildman–Crippen LogP) is 12.8. The average molecular weight is 545 g/mol. The number of rotatable bonds is 18. The smallest absolute Gasteiger partial charge is 0.123 e. The van der Waals surface area contributed by atoms with Gasteiger partial charge in [0.2, 0.25) is 0 Å². The van der Waals surface area contributed by atoms with Crippen LogP contribution in [0.15, 0.2) is 59.5 Å². The molecule has 0 radical (unpaired) electrons. The molecule has 0 bridgehead atoms. The molecule has 0 aromatic rings. The van der Waals surface area contributed by atoms with E-state index in [0.717, 1.165) is 61.0 Å². The molecular weight excluding hydrogens is 482 g/mol. The molecule has 1 aliphatic rings. The number of hydrogen-bond acceptors (Lipinski definition) is 0. The van der Waals surface area contributed by atoms with Crippen LogP contribution < -0.4 is 0 Å². The normalized spacial score (nSPS) is 22.5. The van der Waals surface area contributed by atoms with Gasteiger partial charge in [-0.15, -0.1) is 0 Å². The van der Waals surface area contributed by atoms with Gasteiger partial charge in [-0.2, -0.15) is 0 Å². The van der Waals surface area contributed by atoms with Crippen molar-refractivity contribution in [1.29, 1.82) is 0 Å². The first kappa shape index (κ1) is 35.6. The third kappa shape index (κ3) is 15.2. The second-order valence-electron chi connectivity index (χ2n) is 13.3. The van der Waals surface area contributed by atoms with Crippen LogP contribution in [0, 0.1) is 29.6 Å². The SMILES string of the molecule is C=C\C=C(F)/C=C(\C=C(/C)CC)C(/C)=C/C[C@@H](CCC(CC)CC1CCC(C)CC1)C(CCC)CC(C)(C)F. The summed E-state index contributed by atoms with van der Waals surface area (Å²) in [5.41, 5.74) is 2.07. The van der Waals surface area contributed by atoms with Gasteiger partial charge < -0.3 is 0 Å².